The number of nitrogens with one attached hydrogen (secondary N) is 1. The molecule has 1 aromatic heterocycles. The molecule has 0 fully saturated rings. The molecule has 0 spiro atoms. The van der Waals surface area contributed by atoms with E-state index in [0.29, 0.717) is 28.1 Å². The first-order valence-corrected chi connectivity index (χ1v) is 9.50. The van der Waals surface area contributed by atoms with Gasteiger partial charge in [0.2, 0.25) is 12.5 Å². The molecule has 0 amide bonds. The molecule has 144 valence electrons. The second-order valence-electron chi connectivity index (χ2n) is 6.59. The van der Waals surface area contributed by atoms with Gasteiger partial charge in [0.25, 0.3) is 0 Å². The summed E-state index contributed by atoms with van der Waals surface area (Å²) in [4.78, 5) is 8.38. The molecule has 1 N–H and O–H groups in total. The maximum absolute atomic E-state index is 6.08. The van der Waals surface area contributed by atoms with Crippen LogP contribution in [-0.2, 0) is 0 Å². The number of halogens is 1. The summed E-state index contributed by atoms with van der Waals surface area (Å²) in [6, 6.07) is 21.6. The highest BCUT2D eigenvalue weighted by Crippen LogP contribution is 2.44. The minimum absolute atomic E-state index is 0.179. The molecule has 0 atom stereocenters. The Morgan fingerprint density at radius 3 is 2.48 bits per heavy atom. The summed E-state index contributed by atoms with van der Waals surface area (Å²) in [7, 11) is 1.61. The highest BCUT2D eigenvalue weighted by atomic mass is 35.5. The zero-order valence-corrected chi connectivity index (χ0v) is 16.4. The summed E-state index contributed by atoms with van der Waals surface area (Å²) in [6.07, 6.45) is 0. The van der Waals surface area contributed by atoms with Crippen molar-refractivity contribution < 1.29 is 14.2 Å². The lowest BCUT2D eigenvalue weighted by molar-refractivity contribution is 0.171. The van der Waals surface area contributed by atoms with Crippen LogP contribution in [0.1, 0.15) is 0 Å². The Hall–Kier alpha value is -3.44. The molecule has 3 aromatic carbocycles. The van der Waals surface area contributed by atoms with Crippen LogP contribution < -0.4 is 14.2 Å². The molecule has 0 bridgehead atoms. The number of hydrogen-bond donors (Lipinski definition) is 1. The summed E-state index contributed by atoms with van der Waals surface area (Å²) < 4.78 is 16.5. The number of nitrogens with zero attached hydrogens (tertiary/aromatic N) is 1. The van der Waals surface area contributed by atoms with Gasteiger partial charge in [0, 0.05) is 21.7 Å². The highest BCUT2D eigenvalue weighted by molar-refractivity contribution is 6.30. The monoisotopic (exact) mass is 404 g/mol. The molecule has 29 heavy (non-hydrogen) atoms. The van der Waals surface area contributed by atoms with Gasteiger partial charge in [-0.2, -0.15) is 0 Å². The van der Waals surface area contributed by atoms with Gasteiger partial charge in [0.15, 0.2) is 11.5 Å². The van der Waals surface area contributed by atoms with E-state index in [9.17, 15) is 0 Å². The lowest BCUT2D eigenvalue weighted by Crippen LogP contribution is -1.93. The number of fused-ring (bicyclic) bond motifs is 1. The Balaban J connectivity index is 1.68. The maximum atomic E-state index is 6.08. The van der Waals surface area contributed by atoms with Crippen molar-refractivity contribution in [1.82, 2.24) is 9.97 Å². The number of benzene rings is 3. The van der Waals surface area contributed by atoms with E-state index in [2.05, 4.69) is 4.98 Å². The smallest absolute Gasteiger partial charge is 0.231 e. The fourth-order valence-electron chi connectivity index (χ4n) is 3.41. The van der Waals surface area contributed by atoms with Crippen molar-refractivity contribution in [2.45, 2.75) is 0 Å². The molecule has 0 aliphatic carbocycles. The number of hydrogen-bond acceptors (Lipinski definition) is 4. The third-order valence-corrected chi connectivity index (χ3v) is 5.07. The lowest BCUT2D eigenvalue weighted by atomic mass is 10.1. The fraction of sp³-hybridized carbons (Fsp3) is 0.0870. The van der Waals surface area contributed by atoms with Gasteiger partial charge in [-0.15, -0.1) is 0 Å². The molecular formula is C23H17ClN2O3. The summed E-state index contributed by atoms with van der Waals surface area (Å²) in [5.74, 6) is 2.58. The predicted octanol–water partition coefficient (Wildman–Crippen LogP) is 5.80. The van der Waals surface area contributed by atoms with E-state index < -0.39 is 0 Å². The minimum atomic E-state index is 0.179. The van der Waals surface area contributed by atoms with Gasteiger partial charge in [-0.25, -0.2) is 4.98 Å². The Morgan fingerprint density at radius 1 is 0.931 bits per heavy atom. The van der Waals surface area contributed by atoms with Crippen LogP contribution in [0.15, 0.2) is 66.7 Å². The summed E-state index contributed by atoms with van der Waals surface area (Å²) in [5, 5.41) is 0.690. The quantitative estimate of drug-likeness (QED) is 0.467. The van der Waals surface area contributed by atoms with E-state index >= 15 is 0 Å². The average Bonchev–Trinajstić information content (AvgIpc) is 3.41. The maximum Gasteiger partial charge on any atom is 0.231 e. The summed E-state index contributed by atoms with van der Waals surface area (Å²) in [6.45, 7) is 0.179. The van der Waals surface area contributed by atoms with E-state index in [1.54, 1.807) is 7.11 Å². The Morgan fingerprint density at radius 2 is 1.72 bits per heavy atom. The molecule has 5 rings (SSSR count). The average molecular weight is 405 g/mol. The van der Waals surface area contributed by atoms with Gasteiger partial charge in [-0.3, -0.25) is 0 Å². The van der Waals surface area contributed by atoms with Crippen LogP contribution in [0.3, 0.4) is 0 Å². The molecule has 0 radical (unpaired) electrons. The first-order chi connectivity index (χ1) is 14.2. The molecule has 0 saturated heterocycles. The topological polar surface area (TPSA) is 56.4 Å². The van der Waals surface area contributed by atoms with Crippen molar-refractivity contribution in [2.24, 2.45) is 0 Å². The van der Waals surface area contributed by atoms with E-state index in [4.69, 9.17) is 30.8 Å². The number of methoxy groups -OCH3 is 1. The molecule has 6 heteroatoms. The number of aromatic amines is 1. The molecular weight excluding hydrogens is 388 g/mol. The second-order valence-corrected chi connectivity index (χ2v) is 7.03. The van der Waals surface area contributed by atoms with Crippen LogP contribution >= 0.6 is 11.6 Å². The SMILES string of the molecule is COc1cc(-c2nc(-c3ccccc3)c(-c3ccc(Cl)cc3)[nH]2)cc2c1OCO2. The van der Waals surface area contributed by atoms with Crippen LogP contribution in [-0.4, -0.2) is 23.9 Å². The van der Waals surface area contributed by atoms with Crippen LogP contribution in [0.2, 0.25) is 5.02 Å². The van der Waals surface area contributed by atoms with E-state index in [0.717, 1.165) is 28.1 Å². The summed E-state index contributed by atoms with van der Waals surface area (Å²) in [5.41, 5.74) is 4.65. The number of H-pyrrole nitrogens is 1. The first kappa shape index (κ1) is 17.6. The van der Waals surface area contributed by atoms with Crippen molar-refractivity contribution in [2.75, 3.05) is 13.9 Å². The predicted molar refractivity (Wildman–Crippen MR) is 113 cm³/mol. The zero-order chi connectivity index (χ0) is 19.8. The van der Waals surface area contributed by atoms with Gasteiger partial charge in [0.1, 0.15) is 5.82 Å². The standard InChI is InChI=1S/C23H17ClN2O3/c1-27-18-11-16(12-19-22(18)29-13-28-19)23-25-20(14-5-3-2-4-6-14)21(26-23)15-7-9-17(24)10-8-15/h2-12H,13H2,1H3,(H,25,26). The highest BCUT2D eigenvalue weighted by Gasteiger charge is 2.23. The Labute approximate surface area is 172 Å². The fourth-order valence-corrected chi connectivity index (χ4v) is 3.53. The third-order valence-electron chi connectivity index (χ3n) is 4.82. The van der Waals surface area contributed by atoms with Crippen LogP contribution in [0.5, 0.6) is 17.2 Å². The Bertz CT molecular complexity index is 1170. The molecule has 0 unspecified atom stereocenters. The minimum Gasteiger partial charge on any atom is -0.493 e. The van der Waals surface area contributed by atoms with E-state index in [1.165, 1.54) is 0 Å². The van der Waals surface area contributed by atoms with Gasteiger partial charge in [-0.1, -0.05) is 54.1 Å². The van der Waals surface area contributed by atoms with Gasteiger partial charge < -0.3 is 19.2 Å². The van der Waals surface area contributed by atoms with Crippen molar-refractivity contribution in [1.29, 1.82) is 0 Å². The number of aromatic nitrogens is 2. The molecule has 1 aliphatic rings. The van der Waals surface area contributed by atoms with Crippen LogP contribution in [0.4, 0.5) is 0 Å². The van der Waals surface area contributed by atoms with Crippen molar-refractivity contribution in [3.05, 3.63) is 71.8 Å². The van der Waals surface area contributed by atoms with Crippen molar-refractivity contribution >= 4 is 11.6 Å². The number of rotatable bonds is 4. The molecule has 4 aromatic rings. The van der Waals surface area contributed by atoms with Crippen molar-refractivity contribution in [3.63, 3.8) is 0 Å². The largest absolute Gasteiger partial charge is 0.493 e. The summed E-state index contributed by atoms with van der Waals surface area (Å²) >= 11 is 6.08. The molecule has 2 heterocycles. The number of ether oxygens (including phenoxy) is 3. The van der Waals surface area contributed by atoms with Gasteiger partial charge >= 0.3 is 0 Å². The Kier molecular flexibility index (Phi) is 4.37. The molecule has 5 nitrogen and oxygen atoms in total. The van der Waals surface area contributed by atoms with Gasteiger partial charge in [-0.05, 0) is 24.3 Å². The molecule has 0 saturated carbocycles. The third kappa shape index (κ3) is 3.19. The normalized spacial score (nSPS) is 12.2. The lowest BCUT2D eigenvalue weighted by Gasteiger charge is -2.06. The zero-order valence-electron chi connectivity index (χ0n) is 15.6. The van der Waals surface area contributed by atoms with Crippen LogP contribution in [0, 0.1) is 0 Å². The van der Waals surface area contributed by atoms with E-state index in [-0.39, 0.29) is 6.79 Å². The second kappa shape index (κ2) is 7.18. The van der Waals surface area contributed by atoms with Gasteiger partial charge in [0.05, 0.1) is 18.5 Å². The van der Waals surface area contributed by atoms with E-state index in [1.807, 2.05) is 66.7 Å². The number of imidazole rings is 1. The molecule has 1 aliphatic heterocycles. The first-order valence-electron chi connectivity index (χ1n) is 9.12. The van der Waals surface area contributed by atoms with Crippen LogP contribution in [0.25, 0.3) is 33.9 Å². The van der Waals surface area contributed by atoms with Crippen molar-refractivity contribution in [3.8, 4) is 51.2 Å².